The van der Waals surface area contributed by atoms with Crippen molar-refractivity contribution in [3.05, 3.63) is 60.2 Å². The van der Waals surface area contributed by atoms with Crippen molar-refractivity contribution in [3.63, 3.8) is 0 Å². The van der Waals surface area contributed by atoms with Gasteiger partial charge in [0.25, 0.3) is 10.0 Å². The van der Waals surface area contributed by atoms with Gasteiger partial charge >= 0.3 is 6.18 Å². The topological polar surface area (TPSA) is 78.8 Å². The number of anilines is 1. The Morgan fingerprint density at radius 2 is 1.82 bits per heavy atom. The number of alkyl halides is 3. The van der Waals surface area contributed by atoms with Gasteiger partial charge in [0.1, 0.15) is 5.84 Å². The first-order valence-corrected chi connectivity index (χ1v) is 12.1. The van der Waals surface area contributed by atoms with Crippen LogP contribution in [-0.4, -0.2) is 44.8 Å². The number of carbonyl (C=O) groups is 1. The molecule has 3 rings (SSSR count). The lowest BCUT2D eigenvalue weighted by molar-refractivity contribution is -0.155. The maximum Gasteiger partial charge on any atom is 0.396 e. The molecule has 1 saturated heterocycles. The van der Waals surface area contributed by atoms with Crippen molar-refractivity contribution in [2.75, 3.05) is 18.9 Å². The highest BCUT2D eigenvalue weighted by molar-refractivity contribution is 7.90. The molecule has 0 spiro atoms. The molecule has 6 nitrogen and oxygen atoms in total. The minimum atomic E-state index is -4.61. The fraction of sp³-hybridized carbons (Fsp3) is 0.391. The summed E-state index contributed by atoms with van der Waals surface area (Å²) < 4.78 is 70.2. The summed E-state index contributed by atoms with van der Waals surface area (Å²) in [5.41, 5.74) is 0.0734. The van der Waals surface area contributed by atoms with E-state index >= 15 is 0 Å². The molecule has 0 bridgehead atoms. The normalized spacial score (nSPS) is 17.5. The first-order valence-electron chi connectivity index (χ1n) is 10.6. The van der Waals surface area contributed by atoms with Crippen LogP contribution in [0.5, 0.6) is 0 Å². The van der Waals surface area contributed by atoms with Crippen LogP contribution in [-0.2, 0) is 14.8 Å². The van der Waals surface area contributed by atoms with Crippen LogP contribution in [0, 0.1) is 0 Å². The van der Waals surface area contributed by atoms with Crippen LogP contribution in [0.25, 0.3) is 0 Å². The molecule has 0 saturated carbocycles. The monoisotopic (exact) mass is 481 g/mol. The molecule has 1 atom stereocenters. The Labute approximate surface area is 191 Å². The van der Waals surface area contributed by atoms with Gasteiger partial charge in [-0.3, -0.25) is 4.79 Å². The number of carbonyl (C=O) groups excluding carboxylic acids is 1. The number of nitrogens with one attached hydrogen (secondary N) is 1. The predicted octanol–water partition coefficient (Wildman–Crippen LogP) is 4.95. The number of sulfonamides is 1. The first kappa shape index (κ1) is 24.8. The Balaban J connectivity index is 1.77. The highest BCUT2D eigenvalue weighted by Crippen LogP contribution is 2.37. The number of hydrogen-bond donors (Lipinski definition) is 1. The molecule has 33 heavy (non-hydrogen) atoms. The van der Waals surface area contributed by atoms with Crippen molar-refractivity contribution in [3.8, 4) is 0 Å². The number of hydrogen-bond acceptors (Lipinski definition) is 3. The third-order valence-electron chi connectivity index (χ3n) is 5.46. The molecular weight excluding hydrogens is 455 g/mol. The van der Waals surface area contributed by atoms with Crippen LogP contribution in [0.1, 0.15) is 43.6 Å². The number of nitrogens with zero attached hydrogens (tertiary/aromatic N) is 2. The molecule has 1 aliphatic rings. The molecule has 0 aromatic heterocycles. The van der Waals surface area contributed by atoms with Gasteiger partial charge in [0.05, 0.1) is 10.8 Å². The van der Waals surface area contributed by atoms with Gasteiger partial charge in [-0.1, -0.05) is 42.8 Å². The second-order valence-corrected chi connectivity index (χ2v) is 9.60. The quantitative estimate of drug-likeness (QED) is 0.633. The molecule has 0 aliphatic carbocycles. The van der Waals surface area contributed by atoms with Gasteiger partial charge in [-0.2, -0.15) is 21.6 Å². The number of amides is 1. The summed E-state index contributed by atoms with van der Waals surface area (Å²) >= 11 is 0. The average molecular weight is 482 g/mol. The minimum Gasteiger partial charge on any atom is -0.362 e. The fourth-order valence-electron chi connectivity index (χ4n) is 3.68. The highest BCUT2D eigenvalue weighted by atomic mass is 32.2. The molecule has 1 N–H and O–H groups in total. The Morgan fingerprint density at radius 3 is 2.52 bits per heavy atom. The Bertz CT molecular complexity index is 1100. The van der Waals surface area contributed by atoms with Crippen LogP contribution in [0.4, 0.5) is 18.9 Å². The number of rotatable bonds is 6. The summed E-state index contributed by atoms with van der Waals surface area (Å²) in [5, 5.41) is 2.39. The van der Waals surface area contributed by atoms with E-state index in [2.05, 4.69) is 9.71 Å². The van der Waals surface area contributed by atoms with Crippen LogP contribution in [0.2, 0.25) is 0 Å². The lowest BCUT2D eigenvalue weighted by atomic mass is 9.95. The summed E-state index contributed by atoms with van der Waals surface area (Å²) in [6.45, 7) is 0.715. The predicted molar refractivity (Wildman–Crippen MR) is 121 cm³/mol. The molecule has 1 amide bonds. The molecule has 178 valence electrons. The molecule has 10 heteroatoms. The van der Waals surface area contributed by atoms with Crippen LogP contribution < -0.4 is 5.32 Å². The second kappa shape index (κ2) is 10.4. The fourth-order valence-corrected chi connectivity index (χ4v) is 4.82. The number of halogens is 3. The van der Waals surface area contributed by atoms with Crippen molar-refractivity contribution < 1.29 is 26.4 Å². The third-order valence-corrected chi connectivity index (χ3v) is 6.76. The lowest BCUT2D eigenvalue weighted by Crippen LogP contribution is -2.27. The van der Waals surface area contributed by atoms with Crippen LogP contribution >= 0.6 is 0 Å². The van der Waals surface area contributed by atoms with Gasteiger partial charge in [0.2, 0.25) is 5.91 Å². The molecule has 1 unspecified atom stereocenters. The summed E-state index contributed by atoms with van der Waals surface area (Å²) in [4.78, 5) is 14.1. The van der Waals surface area contributed by atoms with Crippen LogP contribution in [0.15, 0.2) is 63.9 Å². The number of likely N-dealkylation sites (tertiary alicyclic amines) is 1. The number of benzene rings is 2. The van der Waals surface area contributed by atoms with E-state index in [-0.39, 0.29) is 16.1 Å². The highest BCUT2D eigenvalue weighted by Gasteiger charge is 2.41. The minimum absolute atomic E-state index is 0.0141. The maximum absolute atomic E-state index is 13.5. The van der Waals surface area contributed by atoms with Gasteiger partial charge in [0.15, 0.2) is 0 Å². The van der Waals surface area contributed by atoms with Crippen molar-refractivity contribution >= 4 is 27.5 Å². The smallest absolute Gasteiger partial charge is 0.362 e. The third kappa shape index (κ3) is 6.80. The van der Waals surface area contributed by atoms with Gasteiger partial charge in [-0.25, -0.2) is 0 Å². The van der Waals surface area contributed by atoms with E-state index in [4.69, 9.17) is 0 Å². The van der Waals surface area contributed by atoms with Crippen molar-refractivity contribution in [1.29, 1.82) is 0 Å². The summed E-state index contributed by atoms with van der Waals surface area (Å²) in [7, 11) is -2.25. The zero-order valence-electron chi connectivity index (χ0n) is 18.2. The number of amidine groups is 1. The molecule has 2 aromatic carbocycles. The van der Waals surface area contributed by atoms with E-state index in [0.29, 0.717) is 18.8 Å². The zero-order chi connectivity index (χ0) is 24.1. The largest absolute Gasteiger partial charge is 0.396 e. The van der Waals surface area contributed by atoms with E-state index in [0.717, 1.165) is 19.3 Å². The maximum atomic E-state index is 13.5. The molecule has 1 heterocycles. The molecule has 1 aliphatic heterocycles. The molecular formula is C23H26F3N3O3S. The van der Waals surface area contributed by atoms with E-state index < -0.39 is 34.4 Å². The van der Waals surface area contributed by atoms with Gasteiger partial charge in [-0.15, -0.1) is 4.40 Å². The second-order valence-electron chi connectivity index (χ2n) is 8.00. The molecule has 1 fully saturated rings. The van der Waals surface area contributed by atoms with Gasteiger partial charge in [-0.05, 0) is 36.6 Å². The zero-order valence-corrected chi connectivity index (χ0v) is 19.0. The van der Waals surface area contributed by atoms with Gasteiger partial charge in [0, 0.05) is 32.1 Å². The SMILES string of the molecule is CN1CCCCC/C1=N\S(=O)(=O)c1cccc(NC(=O)CC(c2ccccc2)C(F)(F)F)c1. The van der Waals surface area contributed by atoms with Crippen LogP contribution in [0.3, 0.4) is 0 Å². The molecule has 2 aromatic rings. The van der Waals surface area contributed by atoms with Crippen molar-refractivity contribution in [2.24, 2.45) is 4.40 Å². The van der Waals surface area contributed by atoms with E-state index in [1.54, 1.807) is 13.1 Å². The Hall–Kier alpha value is -2.88. The van der Waals surface area contributed by atoms with Gasteiger partial charge < -0.3 is 10.2 Å². The van der Waals surface area contributed by atoms with Crippen molar-refractivity contribution in [2.45, 2.75) is 49.1 Å². The van der Waals surface area contributed by atoms with E-state index in [1.165, 1.54) is 48.5 Å². The van der Waals surface area contributed by atoms with E-state index in [1.807, 2.05) is 4.90 Å². The summed E-state index contributed by atoms with van der Waals surface area (Å²) in [6, 6.07) is 12.6. The Morgan fingerprint density at radius 1 is 1.09 bits per heavy atom. The molecule has 0 radical (unpaired) electrons. The Kier molecular flexibility index (Phi) is 7.78. The first-order chi connectivity index (χ1) is 15.6. The summed E-state index contributed by atoms with van der Waals surface area (Å²) in [5.74, 6) is -2.37. The standard InChI is InChI=1S/C23H26F3N3O3S/c1-29-14-7-3-6-13-21(29)28-33(31,32)19-12-8-11-18(15-19)27-22(30)16-20(23(24,25)26)17-9-4-2-5-10-17/h2,4-5,8-12,15,20H,3,6-7,13-14,16H2,1H3,(H,27,30)/b28-21+. The summed E-state index contributed by atoms with van der Waals surface area (Å²) in [6.07, 6.45) is -2.09. The average Bonchev–Trinajstić information content (AvgIpc) is 2.96. The van der Waals surface area contributed by atoms with E-state index in [9.17, 15) is 26.4 Å². The van der Waals surface area contributed by atoms with Crippen molar-refractivity contribution in [1.82, 2.24) is 4.90 Å². The lowest BCUT2D eigenvalue weighted by Gasteiger charge is -2.20.